The Morgan fingerprint density at radius 2 is 2.30 bits per heavy atom. The van der Waals surface area contributed by atoms with Gasteiger partial charge in [-0.1, -0.05) is 6.07 Å². The van der Waals surface area contributed by atoms with Gasteiger partial charge in [-0.25, -0.2) is 4.79 Å². The molecule has 0 aromatic carbocycles. The van der Waals surface area contributed by atoms with Gasteiger partial charge in [0.05, 0.1) is 12.5 Å². The first kappa shape index (κ1) is 13.4. The zero-order valence-corrected chi connectivity index (χ0v) is 12.2. The smallest absolute Gasteiger partial charge is 0.320 e. The van der Waals surface area contributed by atoms with E-state index in [0.717, 1.165) is 17.7 Å². The monoisotopic (exact) mass is 294 g/mol. The van der Waals surface area contributed by atoms with Crippen LogP contribution in [0.5, 0.6) is 0 Å². The van der Waals surface area contributed by atoms with Gasteiger partial charge in [-0.05, 0) is 30.7 Å². The molecule has 2 saturated heterocycles. The summed E-state index contributed by atoms with van der Waals surface area (Å²) >= 11 is 1.63. The van der Waals surface area contributed by atoms with Crippen molar-refractivity contribution in [3.8, 4) is 0 Å². The predicted molar refractivity (Wildman–Crippen MR) is 75.6 cm³/mol. The topological polar surface area (TPSA) is 60.9 Å². The molecule has 3 unspecified atom stereocenters. The minimum absolute atomic E-state index is 0.0327. The van der Waals surface area contributed by atoms with Crippen molar-refractivity contribution in [1.82, 2.24) is 9.80 Å². The lowest BCUT2D eigenvalue weighted by Gasteiger charge is -2.28. The van der Waals surface area contributed by atoms with Crippen LogP contribution in [0.3, 0.4) is 0 Å². The third kappa shape index (κ3) is 2.18. The maximum atomic E-state index is 12.6. The number of hydrogen-bond donors (Lipinski definition) is 1. The Bertz CT molecular complexity index is 516. The number of carboxylic acid groups (broad SMARTS) is 1. The molecule has 0 radical (unpaired) electrons. The van der Waals surface area contributed by atoms with Crippen LogP contribution in [0.2, 0.25) is 0 Å². The van der Waals surface area contributed by atoms with E-state index < -0.39 is 5.97 Å². The lowest BCUT2D eigenvalue weighted by atomic mass is 9.89. The summed E-state index contributed by atoms with van der Waals surface area (Å²) < 4.78 is 0. The van der Waals surface area contributed by atoms with Crippen molar-refractivity contribution in [3.63, 3.8) is 0 Å². The molecule has 0 aliphatic carbocycles. The van der Waals surface area contributed by atoms with E-state index in [2.05, 4.69) is 0 Å². The van der Waals surface area contributed by atoms with E-state index in [1.807, 2.05) is 22.4 Å². The highest BCUT2D eigenvalue weighted by atomic mass is 32.1. The zero-order valence-electron chi connectivity index (χ0n) is 11.4. The molecule has 1 aromatic heterocycles. The lowest BCUT2D eigenvalue weighted by Crippen LogP contribution is -2.44. The number of amides is 2. The van der Waals surface area contributed by atoms with Crippen LogP contribution in [0.25, 0.3) is 0 Å². The average Bonchev–Trinajstić information content (AvgIpc) is 3.12. The molecule has 108 valence electrons. The van der Waals surface area contributed by atoms with E-state index in [1.54, 1.807) is 23.3 Å². The minimum Gasteiger partial charge on any atom is -0.481 e. The maximum absolute atomic E-state index is 12.6. The second-order valence-electron chi connectivity index (χ2n) is 5.60. The SMILES string of the molecule is CN(Cc1cccs1)C(=O)N1C2CCC1C(C(=O)O)C2. The highest BCUT2D eigenvalue weighted by molar-refractivity contribution is 7.09. The first-order chi connectivity index (χ1) is 9.58. The molecule has 20 heavy (non-hydrogen) atoms. The molecule has 6 heteroatoms. The molecule has 1 aromatic rings. The van der Waals surface area contributed by atoms with Gasteiger partial charge in [0.1, 0.15) is 0 Å². The molecule has 0 spiro atoms. The Balaban J connectivity index is 1.70. The first-order valence-electron chi connectivity index (χ1n) is 6.86. The van der Waals surface area contributed by atoms with Crippen LogP contribution >= 0.6 is 11.3 Å². The molecule has 0 saturated carbocycles. The summed E-state index contributed by atoms with van der Waals surface area (Å²) in [6.45, 7) is 0.587. The van der Waals surface area contributed by atoms with Gasteiger partial charge in [-0.15, -0.1) is 11.3 Å². The van der Waals surface area contributed by atoms with Crippen LogP contribution in [0.1, 0.15) is 24.1 Å². The second kappa shape index (κ2) is 5.09. The fourth-order valence-corrected chi connectivity index (χ4v) is 4.21. The Hall–Kier alpha value is -1.56. The Kier molecular flexibility index (Phi) is 3.41. The van der Waals surface area contributed by atoms with Crippen molar-refractivity contribution in [2.24, 2.45) is 5.92 Å². The van der Waals surface area contributed by atoms with E-state index in [4.69, 9.17) is 0 Å². The highest BCUT2D eigenvalue weighted by Crippen LogP contribution is 2.42. The summed E-state index contributed by atoms with van der Waals surface area (Å²) in [5.74, 6) is -1.15. The van der Waals surface area contributed by atoms with Gasteiger partial charge in [-0.2, -0.15) is 0 Å². The number of carbonyl (C=O) groups is 2. The Labute approximate surface area is 121 Å². The molecular formula is C14H18N2O3S. The fourth-order valence-electron chi connectivity index (χ4n) is 3.45. The number of nitrogens with zero attached hydrogens (tertiary/aromatic N) is 2. The molecule has 5 nitrogen and oxygen atoms in total. The summed E-state index contributed by atoms with van der Waals surface area (Å²) in [5, 5.41) is 11.2. The van der Waals surface area contributed by atoms with E-state index in [9.17, 15) is 14.7 Å². The molecule has 2 aliphatic rings. The molecule has 3 atom stereocenters. The molecular weight excluding hydrogens is 276 g/mol. The summed E-state index contributed by atoms with van der Waals surface area (Å²) in [6, 6.07) is 3.94. The Morgan fingerprint density at radius 3 is 2.90 bits per heavy atom. The van der Waals surface area contributed by atoms with Gasteiger partial charge in [0.25, 0.3) is 0 Å². The first-order valence-corrected chi connectivity index (χ1v) is 7.74. The number of carboxylic acids is 1. The third-order valence-corrected chi connectivity index (χ3v) is 5.24. The van der Waals surface area contributed by atoms with Crippen LogP contribution in [0.15, 0.2) is 17.5 Å². The average molecular weight is 294 g/mol. The van der Waals surface area contributed by atoms with Crippen molar-refractivity contribution < 1.29 is 14.7 Å². The van der Waals surface area contributed by atoms with Gasteiger partial charge in [0.15, 0.2) is 0 Å². The van der Waals surface area contributed by atoms with Gasteiger partial charge in [0, 0.05) is 24.0 Å². The summed E-state index contributed by atoms with van der Waals surface area (Å²) in [7, 11) is 1.79. The maximum Gasteiger partial charge on any atom is 0.320 e. The van der Waals surface area contributed by atoms with Gasteiger partial charge < -0.3 is 14.9 Å². The van der Waals surface area contributed by atoms with Crippen LogP contribution in [-0.4, -0.2) is 46.0 Å². The number of carbonyl (C=O) groups excluding carboxylic acids is 1. The number of hydrogen-bond acceptors (Lipinski definition) is 3. The second-order valence-corrected chi connectivity index (χ2v) is 6.64. The molecule has 3 heterocycles. The van der Waals surface area contributed by atoms with Crippen molar-refractivity contribution in [1.29, 1.82) is 0 Å². The van der Waals surface area contributed by atoms with E-state index >= 15 is 0 Å². The highest BCUT2D eigenvalue weighted by Gasteiger charge is 2.51. The van der Waals surface area contributed by atoms with Gasteiger partial charge >= 0.3 is 12.0 Å². The normalized spacial score (nSPS) is 27.9. The number of fused-ring (bicyclic) bond motifs is 2. The van der Waals surface area contributed by atoms with Crippen LogP contribution in [-0.2, 0) is 11.3 Å². The van der Waals surface area contributed by atoms with Crippen LogP contribution in [0, 0.1) is 5.92 Å². The van der Waals surface area contributed by atoms with Crippen LogP contribution in [0.4, 0.5) is 4.79 Å². The van der Waals surface area contributed by atoms with Gasteiger partial charge in [-0.3, -0.25) is 4.79 Å². The number of thiophene rings is 1. The van der Waals surface area contributed by atoms with Crippen molar-refractivity contribution in [3.05, 3.63) is 22.4 Å². The van der Waals surface area contributed by atoms with Crippen LogP contribution < -0.4 is 0 Å². The Morgan fingerprint density at radius 1 is 1.50 bits per heavy atom. The number of rotatable bonds is 3. The lowest BCUT2D eigenvalue weighted by molar-refractivity contribution is -0.142. The number of urea groups is 1. The van der Waals surface area contributed by atoms with E-state index in [-0.39, 0.29) is 24.0 Å². The molecule has 2 amide bonds. The summed E-state index contributed by atoms with van der Waals surface area (Å²) in [4.78, 5) is 28.4. The fraction of sp³-hybridized carbons (Fsp3) is 0.571. The number of aliphatic carboxylic acids is 1. The largest absolute Gasteiger partial charge is 0.481 e. The molecule has 2 bridgehead atoms. The predicted octanol–water partition coefficient (Wildman–Crippen LogP) is 2.24. The van der Waals surface area contributed by atoms with Crippen molar-refractivity contribution >= 4 is 23.3 Å². The molecule has 2 aliphatic heterocycles. The summed E-state index contributed by atoms with van der Waals surface area (Å²) in [6.07, 6.45) is 2.37. The molecule has 2 fully saturated rings. The quantitative estimate of drug-likeness (QED) is 0.930. The summed E-state index contributed by atoms with van der Waals surface area (Å²) in [5.41, 5.74) is 0. The molecule has 1 N–H and O–H groups in total. The van der Waals surface area contributed by atoms with Crippen molar-refractivity contribution in [2.75, 3.05) is 7.05 Å². The van der Waals surface area contributed by atoms with E-state index in [0.29, 0.717) is 13.0 Å². The third-order valence-electron chi connectivity index (χ3n) is 4.37. The standard InChI is InChI=1S/C14H18N2O3S/c1-15(8-10-3-2-6-20-10)14(19)16-9-4-5-12(16)11(7-9)13(17)18/h2-3,6,9,11-12H,4-5,7-8H2,1H3,(H,17,18). The van der Waals surface area contributed by atoms with Gasteiger partial charge in [0.2, 0.25) is 0 Å². The van der Waals surface area contributed by atoms with E-state index in [1.165, 1.54) is 0 Å². The zero-order chi connectivity index (χ0) is 14.3. The minimum atomic E-state index is -0.768. The van der Waals surface area contributed by atoms with Crippen molar-refractivity contribution in [2.45, 2.75) is 37.9 Å². The molecule has 3 rings (SSSR count).